The Morgan fingerprint density at radius 1 is 1.15 bits per heavy atom. The van der Waals surface area contributed by atoms with Crippen LogP contribution in [0.25, 0.3) is 5.69 Å². The molecule has 14 heteroatoms. The molecule has 1 fully saturated rings. The third-order valence-electron chi connectivity index (χ3n) is 6.58. The van der Waals surface area contributed by atoms with Gasteiger partial charge in [-0.25, -0.2) is 4.79 Å². The molecule has 0 spiro atoms. The maximum Gasteiger partial charge on any atom is 0.490 e. The van der Waals surface area contributed by atoms with Crippen LogP contribution in [0.5, 0.6) is 5.75 Å². The first kappa shape index (κ1) is 30.0. The molecule has 0 saturated carbocycles. The Morgan fingerprint density at radius 2 is 1.80 bits per heavy atom. The number of carbonyl (C=O) groups is 2. The van der Waals surface area contributed by atoms with E-state index in [-0.39, 0.29) is 18.4 Å². The smallest absolute Gasteiger partial charge is 0.490 e. The number of hydrogen-bond acceptors (Lipinski definition) is 7. The highest BCUT2D eigenvalue weighted by Gasteiger charge is 2.38. The third-order valence-corrected chi connectivity index (χ3v) is 6.83. The highest BCUT2D eigenvalue weighted by atomic mass is 35.5. The van der Waals surface area contributed by atoms with Crippen LogP contribution in [0.1, 0.15) is 48.1 Å². The molecular weight excluding hydrogens is 565 g/mol. The summed E-state index contributed by atoms with van der Waals surface area (Å²) < 4.78 is 39.2. The Hall–Kier alpha value is -3.97. The number of nitrogens with one attached hydrogen (secondary N) is 2. The zero-order valence-corrected chi connectivity index (χ0v) is 23.0. The molecule has 0 bridgehead atoms. The van der Waals surface area contributed by atoms with Crippen molar-refractivity contribution in [1.82, 2.24) is 25.4 Å². The van der Waals surface area contributed by atoms with Gasteiger partial charge in [0.1, 0.15) is 17.6 Å². The van der Waals surface area contributed by atoms with E-state index >= 15 is 0 Å². The number of rotatable bonds is 5. The SMILES string of the molecule is COc1ccc2c(c1)C(c1ccc(Cl)cc1)=NC(CC(=O)NC1CCNCC1)c1nnc(C)n1-2.O=C(O)C(F)(F)F. The Kier molecular flexibility index (Phi) is 9.28. The van der Waals surface area contributed by atoms with Crippen molar-refractivity contribution in [2.45, 2.75) is 44.4 Å². The van der Waals surface area contributed by atoms with Gasteiger partial charge in [-0.05, 0) is 63.2 Å². The highest BCUT2D eigenvalue weighted by Crippen LogP contribution is 2.34. The fourth-order valence-corrected chi connectivity index (χ4v) is 4.73. The van der Waals surface area contributed by atoms with E-state index in [4.69, 9.17) is 31.2 Å². The van der Waals surface area contributed by atoms with Crippen LogP contribution in [0.3, 0.4) is 0 Å². The number of methoxy groups -OCH3 is 1. The monoisotopic (exact) mass is 592 g/mol. The van der Waals surface area contributed by atoms with Crippen LogP contribution < -0.4 is 15.4 Å². The summed E-state index contributed by atoms with van der Waals surface area (Å²) in [5.74, 6) is -0.694. The molecule has 1 unspecified atom stereocenters. The fourth-order valence-electron chi connectivity index (χ4n) is 4.61. The lowest BCUT2D eigenvalue weighted by molar-refractivity contribution is -0.192. The number of aryl methyl sites for hydroxylation is 1. The number of amides is 1. The Bertz CT molecular complexity index is 1440. The number of carboxylic acids is 1. The van der Waals surface area contributed by atoms with Crippen LogP contribution in [-0.4, -0.2) is 69.9 Å². The number of piperidine rings is 1. The number of benzene rings is 2. The number of halogens is 4. The topological polar surface area (TPSA) is 131 Å². The average molecular weight is 593 g/mol. The fraction of sp³-hybridized carbons (Fsp3) is 0.370. The quantitative estimate of drug-likeness (QED) is 0.408. The maximum atomic E-state index is 13.1. The van der Waals surface area contributed by atoms with E-state index in [0.717, 1.165) is 60.0 Å². The van der Waals surface area contributed by atoms with E-state index in [0.29, 0.717) is 10.8 Å². The van der Waals surface area contributed by atoms with Crippen LogP contribution in [0.4, 0.5) is 13.2 Å². The van der Waals surface area contributed by atoms with Gasteiger partial charge in [0.05, 0.1) is 24.9 Å². The van der Waals surface area contributed by atoms with Crippen LogP contribution in [0.15, 0.2) is 47.5 Å². The van der Waals surface area contributed by atoms with Gasteiger partial charge in [-0.1, -0.05) is 23.7 Å². The molecule has 3 aromatic rings. The molecule has 2 aliphatic rings. The largest absolute Gasteiger partial charge is 0.497 e. The van der Waals surface area contributed by atoms with Gasteiger partial charge >= 0.3 is 12.1 Å². The summed E-state index contributed by atoms with van der Waals surface area (Å²) in [6.07, 6.45) is -3.04. The third kappa shape index (κ3) is 7.22. The van der Waals surface area contributed by atoms with Gasteiger partial charge in [0.15, 0.2) is 5.82 Å². The first-order valence-electron chi connectivity index (χ1n) is 12.7. The second-order valence-corrected chi connectivity index (χ2v) is 9.86. The molecule has 1 amide bonds. The van der Waals surface area contributed by atoms with Crippen molar-refractivity contribution in [1.29, 1.82) is 0 Å². The minimum Gasteiger partial charge on any atom is -0.497 e. The number of carbonyl (C=O) groups excluding carboxylic acids is 1. The minimum absolute atomic E-state index is 0.0353. The number of aliphatic imine (C=N–C) groups is 1. The van der Waals surface area contributed by atoms with Gasteiger partial charge in [-0.15, -0.1) is 10.2 Å². The van der Waals surface area contributed by atoms with E-state index in [9.17, 15) is 18.0 Å². The molecule has 0 radical (unpaired) electrons. The Labute approximate surface area is 238 Å². The van der Waals surface area contributed by atoms with Crippen molar-refractivity contribution < 1.29 is 32.6 Å². The molecule has 2 aromatic carbocycles. The summed E-state index contributed by atoms with van der Waals surface area (Å²) in [4.78, 5) is 27.1. The summed E-state index contributed by atoms with van der Waals surface area (Å²) in [7, 11) is 1.64. The van der Waals surface area contributed by atoms with E-state index < -0.39 is 18.2 Å². The van der Waals surface area contributed by atoms with Crippen molar-refractivity contribution >= 4 is 29.2 Å². The molecule has 3 heterocycles. The van der Waals surface area contributed by atoms with E-state index in [1.54, 1.807) is 7.11 Å². The number of hydrogen-bond donors (Lipinski definition) is 3. The predicted molar refractivity (Wildman–Crippen MR) is 145 cm³/mol. The van der Waals surface area contributed by atoms with Gasteiger partial charge in [0.25, 0.3) is 0 Å². The molecular formula is C27H28ClF3N6O4. The lowest BCUT2D eigenvalue weighted by Gasteiger charge is -2.24. The molecule has 2 aliphatic heterocycles. The molecule has 1 atom stereocenters. The van der Waals surface area contributed by atoms with Crippen LogP contribution >= 0.6 is 11.6 Å². The minimum atomic E-state index is -5.08. The van der Waals surface area contributed by atoms with Gasteiger partial charge in [-0.3, -0.25) is 14.4 Å². The predicted octanol–water partition coefficient (Wildman–Crippen LogP) is 4.02. The molecule has 41 heavy (non-hydrogen) atoms. The maximum absolute atomic E-state index is 13.1. The number of ether oxygens (including phenoxy) is 1. The van der Waals surface area contributed by atoms with Crippen molar-refractivity contribution in [2.75, 3.05) is 20.2 Å². The number of carboxylic acid groups (broad SMARTS) is 1. The summed E-state index contributed by atoms with van der Waals surface area (Å²) in [5.41, 5.74) is 3.44. The molecule has 3 N–H and O–H groups in total. The normalized spacial score (nSPS) is 16.7. The van der Waals surface area contributed by atoms with Gasteiger partial charge in [0.2, 0.25) is 5.91 Å². The van der Waals surface area contributed by atoms with Gasteiger partial charge < -0.3 is 20.5 Å². The lowest BCUT2D eigenvalue weighted by atomic mass is 10.00. The van der Waals surface area contributed by atoms with Crippen LogP contribution in [0, 0.1) is 6.92 Å². The Morgan fingerprint density at radius 3 is 2.41 bits per heavy atom. The number of aliphatic carboxylic acids is 1. The standard InChI is InChI=1S/C25H27ClN6O2.C2HF3O2/c1-15-30-31-25-21(14-23(33)28-18-9-11-27-12-10-18)29-24(16-3-5-17(26)6-4-16)20-13-19(34-2)7-8-22(20)32(15)25;3-2(4,5)1(6)7/h3-8,13,18,21,27H,9-12,14H2,1-2H3,(H,28,33);(H,6,7). The molecule has 5 rings (SSSR count). The van der Waals surface area contributed by atoms with Gasteiger partial charge in [0, 0.05) is 22.2 Å². The summed E-state index contributed by atoms with van der Waals surface area (Å²) in [5, 5.41) is 23.0. The number of aromatic nitrogens is 3. The molecule has 1 saturated heterocycles. The first-order chi connectivity index (χ1) is 19.5. The highest BCUT2D eigenvalue weighted by molar-refractivity contribution is 6.30. The molecule has 218 valence electrons. The first-order valence-corrected chi connectivity index (χ1v) is 13.1. The average Bonchev–Trinajstić information content (AvgIpc) is 3.26. The second-order valence-electron chi connectivity index (χ2n) is 9.42. The van der Waals surface area contributed by atoms with Crippen LogP contribution in [0.2, 0.25) is 5.02 Å². The zero-order chi connectivity index (χ0) is 29.7. The summed E-state index contributed by atoms with van der Waals surface area (Å²) in [6.45, 7) is 3.74. The van der Waals surface area contributed by atoms with E-state index in [2.05, 4.69) is 20.8 Å². The molecule has 10 nitrogen and oxygen atoms in total. The summed E-state index contributed by atoms with van der Waals surface area (Å²) >= 11 is 6.16. The van der Waals surface area contributed by atoms with Crippen molar-refractivity contribution in [3.63, 3.8) is 0 Å². The van der Waals surface area contributed by atoms with E-state index in [1.165, 1.54) is 0 Å². The van der Waals surface area contributed by atoms with Crippen molar-refractivity contribution in [2.24, 2.45) is 4.99 Å². The summed E-state index contributed by atoms with van der Waals surface area (Å²) in [6, 6.07) is 13.1. The van der Waals surface area contributed by atoms with Crippen molar-refractivity contribution in [3.8, 4) is 11.4 Å². The zero-order valence-electron chi connectivity index (χ0n) is 22.2. The number of fused-ring (bicyclic) bond motifs is 3. The molecule has 1 aromatic heterocycles. The van der Waals surface area contributed by atoms with Crippen molar-refractivity contribution in [3.05, 3.63) is 70.3 Å². The lowest BCUT2D eigenvalue weighted by Crippen LogP contribution is -2.43. The van der Waals surface area contributed by atoms with Gasteiger partial charge in [-0.2, -0.15) is 13.2 Å². The molecule has 0 aliphatic carbocycles. The Balaban J connectivity index is 0.000000493. The second kappa shape index (κ2) is 12.7. The van der Waals surface area contributed by atoms with Crippen LogP contribution in [-0.2, 0) is 9.59 Å². The number of alkyl halides is 3. The van der Waals surface area contributed by atoms with E-state index in [1.807, 2.05) is 54.0 Å². The number of nitrogens with zero attached hydrogens (tertiary/aromatic N) is 4.